The number of nitrogens with zero attached hydrogens (tertiary/aromatic N) is 1. The molecule has 1 aliphatic carbocycles. The molecule has 2 rings (SSSR count). The molecule has 0 amide bonds. The summed E-state index contributed by atoms with van der Waals surface area (Å²) in [5.41, 5.74) is 0.455. The third-order valence-electron chi connectivity index (χ3n) is 2.25. The third-order valence-corrected chi connectivity index (χ3v) is 2.25. The van der Waals surface area contributed by atoms with Gasteiger partial charge in [0, 0.05) is 5.92 Å². The first-order chi connectivity index (χ1) is 6.38. The lowest BCUT2D eigenvalue weighted by Crippen LogP contribution is -2.13. The third kappa shape index (κ3) is 1.69. The van der Waals surface area contributed by atoms with Gasteiger partial charge in [0.25, 0.3) is 0 Å². The highest BCUT2D eigenvalue weighted by Gasteiger charge is 2.20. The van der Waals surface area contributed by atoms with Crippen LogP contribution in [0, 0.1) is 12.1 Å². The summed E-state index contributed by atoms with van der Waals surface area (Å²) in [7, 11) is 0. The molecule has 3 nitrogen and oxygen atoms in total. The van der Waals surface area contributed by atoms with E-state index in [4.69, 9.17) is 0 Å². The van der Waals surface area contributed by atoms with Crippen molar-refractivity contribution in [1.29, 1.82) is 0 Å². The van der Waals surface area contributed by atoms with E-state index in [1.807, 2.05) is 6.08 Å². The standard InChI is InChI=1S/C10H10NO2/c12-10(9-6-11-13-7-9)8-4-2-1-3-5-8/h2,4,7-8H,1,3,5H2. The van der Waals surface area contributed by atoms with Crippen LogP contribution in [0.15, 0.2) is 22.9 Å². The van der Waals surface area contributed by atoms with Gasteiger partial charge >= 0.3 is 0 Å². The fraction of sp³-hybridized carbons (Fsp3) is 0.400. The Hall–Kier alpha value is -1.38. The Bertz CT molecular complexity index is 314. The minimum Gasteiger partial charge on any atom is -0.363 e. The molecule has 3 heteroatoms. The second-order valence-corrected chi connectivity index (χ2v) is 3.17. The van der Waals surface area contributed by atoms with Gasteiger partial charge in [-0.3, -0.25) is 4.79 Å². The number of ketones is 1. The summed E-state index contributed by atoms with van der Waals surface area (Å²) >= 11 is 0. The number of aromatic nitrogens is 1. The second-order valence-electron chi connectivity index (χ2n) is 3.17. The van der Waals surface area contributed by atoms with E-state index in [1.54, 1.807) is 0 Å². The van der Waals surface area contributed by atoms with Crippen LogP contribution in [0.2, 0.25) is 0 Å². The van der Waals surface area contributed by atoms with Crippen LogP contribution in [0.4, 0.5) is 0 Å². The van der Waals surface area contributed by atoms with Gasteiger partial charge in [0.05, 0.1) is 5.56 Å². The van der Waals surface area contributed by atoms with Crippen LogP contribution in [-0.4, -0.2) is 10.9 Å². The molecule has 0 saturated heterocycles. The Kier molecular flexibility index (Phi) is 2.25. The summed E-state index contributed by atoms with van der Waals surface area (Å²) in [5, 5.41) is 3.39. The molecule has 1 aromatic rings. The summed E-state index contributed by atoms with van der Waals surface area (Å²) in [5.74, 6) is 0.0709. The Labute approximate surface area is 76.4 Å². The van der Waals surface area contributed by atoms with E-state index in [2.05, 4.69) is 22.0 Å². The van der Waals surface area contributed by atoms with Crippen LogP contribution >= 0.6 is 0 Å². The zero-order chi connectivity index (χ0) is 9.10. The largest absolute Gasteiger partial charge is 0.363 e. The molecule has 1 heterocycles. The zero-order valence-electron chi connectivity index (χ0n) is 7.19. The molecule has 1 radical (unpaired) electrons. The summed E-state index contributed by atoms with van der Waals surface area (Å²) in [6, 6.07) is 0. The minimum atomic E-state index is 0.00407. The van der Waals surface area contributed by atoms with Crippen molar-refractivity contribution < 1.29 is 9.32 Å². The maximum absolute atomic E-state index is 11.7. The maximum Gasteiger partial charge on any atom is 0.175 e. The molecule has 1 aromatic heterocycles. The Balaban J connectivity index is 2.13. The molecule has 0 saturated carbocycles. The Morgan fingerprint density at radius 3 is 3.23 bits per heavy atom. The normalized spacial score (nSPS) is 21.7. The van der Waals surface area contributed by atoms with Crippen molar-refractivity contribution in [3.05, 3.63) is 30.2 Å². The summed E-state index contributed by atoms with van der Waals surface area (Å²) < 4.78 is 4.58. The van der Waals surface area contributed by atoms with Crippen molar-refractivity contribution in [3.8, 4) is 0 Å². The molecule has 1 unspecified atom stereocenters. The molecule has 0 N–H and O–H groups in total. The van der Waals surface area contributed by atoms with Gasteiger partial charge in [0.2, 0.25) is 0 Å². The number of hydrogen-bond donors (Lipinski definition) is 0. The van der Waals surface area contributed by atoms with Crippen molar-refractivity contribution in [3.63, 3.8) is 0 Å². The van der Waals surface area contributed by atoms with E-state index in [9.17, 15) is 4.79 Å². The van der Waals surface area contributed by atoms with Crippen LogP contribution in [0.1, 0.15) is 29.6 Å². The highest BCUT2D eigenvalue weighted by molar-refractivity contribution is 5.98. The highest BCUT2D eigenvalue weighted by atomic mass is 16.5. The fourth-order valence-corrected chi connectivity index (χ4v) is 1.52. The molecule has 0 fully saturated rings. The molecule has 1 aliphatic rings. The number of allylic oxidation sites excluding steroid dienone is 2. The van der Waals surface area contributed by atoms with Crippen molar-refractivity contribution >= 4 is 5.78 Å². The monoisotopic (exact) mass is 176 g/mol. The van der Waals surface area contributed by atoms with Crippen LogP contribution in [0.25, 0.3) is 0 Å². The first-order valence-corrected chi connectivity index (χ1v) is 4.41. The Morgan fingerprint density at radius 1 is 1.69 bits per heavy atom. The molecule has 0 aliphatic heterocycles. The lowest BCUT2D eigenvalue weighted by atomic mass is 9.90. The number of hydrogen-bond acceptors (Lipinski definition) is 3. The van der Waals surface area contributed by atoms with Crippen LogP contribution < -0.4 is 0 Å². The SMILES string of the molecule is O=C(c1[c]noc1)C1C=CCCC1. The van der Waals surface area contributed by atoms with E-state index < -0.39 is 0 Å². The highest BCUT2D eigenvalue weighted by Crippen LogP contribution is 2.20. The molecular weight excluding hydrogens is 166 g/mol. The van der Waals surface area contributed by atoms with Crippen LogP contribution in [0.3, 0.4) is 0 Å². The van der Waals surface area contributed by atoms with Crippen molar-refractivity contribution in [2.75, 3.05) is 0 Å². The Morgan fingerprint density at radius 2 is 2.62 bits per heavy atom. The van der Waals surface area contributed by atoms with Gasteiger partial charge < -0.3 is 4.52 Å². The second kappa shape index (κ2) is 3.56. The first-order valence-electron chi connectivity index (χ1n) is 4.41. The van der Waals surface area contributed by atoms with Gasteiger partial charge in [0.1, 0.15) is 12.5 Å². The first kappa shape index (κ1) is 8.23. The molecule has 67 valence electrons. The quantitative estimate of drug-likeness (QED) is 0.511. The minimum absolute atomic E-state index is 0.00407. The number of Topliss-reactive ketones (excluding diaryl/α,β-unsaturated/α-hetero) is 1. The van der Waals surface area contributed by atoms with Crippen molar-refractivity contribution in [2.24, 2.45) is 5.92 Å². The average Bonchev–Trinajstić information content (AvgIpc) is 2.71. The van der Waals surface area contributed by atoms with Gasteiger partial charge in [-0.05, 0) is 19.3 Å². The molecule has 13 heavy (non-hydrogen) atoms. The predicted molar refractivity (Wildman–Crippen MR) is 46.2 cm³/mol. The van der Waals surface area contributed by atoms with E-state index in [-0.39, 0.29) is 11.7 Å². The van der Waals surface area contributed by atoms with Gasteiger partial charge in [-0.2, -0.15) is 0 Å². The van der Waals surface area contributed by atoms with Gasteiger partial charge in [-0.1, -0.05) is 17.3 Å². The van der Waals surface area contributed by atoms with E-state index in [1.165, 1.54) is 6.26 Å². The van der Waals surface area contributed by atoms with E-state index >= 15 is 0 Å². The lowest BCUT2D eigenvalue weighted by Gasteiger charge is -2.12. The summed E-state index contributed by atoms with van der Waals surface area (Å²) in [6.07, 6.45) is 11.0. The molecule has 0 spiro atoms. The van der Waals surface area contributed by atoms with Crippen LogP contribution in [0.5, 0.6) is 0 Å². The van der Waals surface area contributed by atoms with E-state index in [0.717, 1.165) is 19.3 Å². The predicted octanol–water partition coefficient (Wildman–Crippen LogP) is 2.01. The van der Waals surface area contributed by atoms with Crippen molar-refractivity contribution in [1.82, 2.24) is 5.16 Å². The summed E-state index contributed by atoms with van der Waals surface area (Å²) in [6.45, 7) is 0. The van der Waals surface area contributed by atoms with Gasteiger partial charge in [0.15, 0.2) is 5.78 Å². The van der Waals surface area contributed by atoms with Gasteiger partial charge in [-0.25, -0.2) is 0 Å². The fourth-order valence-electron chi connectivity index (χ4n) is 1.52. The lowest BCUT2D eigenvalue weighted by molar-refractivity contribution is 0.0936. The molecule has 1 atom stereocenters. The molecule has 0 bridgehead atoms. The number of carbonyl (C=O) groups is 1. The van der Waals surface area contributed by atoms with E-state index in [0.29, 0.717) is 5.56 Å². The van der Waals surface area contributed by atoms with Gasteiger partial charge in [-0.15, -0.1) is 0 Å². The smallest absolute Gasteiger partial charge is 0.175 e. The van der Waals surface area contributed by atoms with Crippen molar-refractivity contribution in [2.45, 2.75) is 19.3 Å². The summed E-state index contributed by atoms with van der Waals surface area (Å²) in [4.78, 5) is 11.7. The zero-order valence-corrected chi connectivity index (χ0v) is 7.19. The van der Waals surface area contributed by atoms with Crippen LogP contribution in [-0.2, 0) is 0 Å². The average molecular weight is 176 g/mol. The maximum atomic E-state index is 11.7. The molecule has 0 aromatic carbocycles. The number of rotatable bonds is 2. The number of carbonyl (C=O) groups excluding carboxylic acids is 1. The molecular formula is C10H10NO2. The topological polar surface area (TPSA) is 43.1 Å².